The summed E-state index contributed by atoms with van der Waals surface area (Å²) in [5.41, 5.74) is -1.32. The first kappa shape index (κ1) is 14.6. The topological polar surface area (TPSA) is 62.5 Å². The summed E-state index contributed by atoms with van der Waals surface area (Å²) in [6.07, 6.45) is -6.01. The zero-order valence-electron chi connectivity index (χ0n) is 10.4. The van der Waals surface area contributed by atoms with Crippen LogP contribution in [0.3, 0.4) is 0 Å². The number of alkyl halides is 3. The highest BCUT2D eigenvalue weighted by atomic mass is 19.4. The van der Waals surface area contributed by atoms with Gasteiger partial charge in [0, 0.05) is 12.2 Å². The summed E-state index contributed by atoms with van der Waals surface area (Å²) in [7, 11) is 0. The summed E-state index contributed by atoms with van der Waals surface area (Å²) >= 11 is 0. The van der Waals surface area contributed by atoms with Gasteiger partial charge in [-0.2, -0.15) is 5.26 Å². The third kappa shape index (κ3) is 2.86. The minimum absolute atomic E-state index is 0.0228. The third-order valence-corrected chi connectivity index (χ3v) is 3.24. The maximum absolute atomic E-state index is 12.3. The standard InChI is InChI=1S/C13H12F3NO3/c14-13(15,16)20-10-4-2-1-3-9(10)11(18)12(7-17)5-6-19-8-12/h1-4,11,18H,5-6,8H2. The summed E-state index contributed by atoms with van der Waals surface area (Å²) in [4.78, 5) is 0. The fourth-order valence-electron chi connectivity index (χ4n) is 2.17. The Hall–Kier alpha value is -1.78. The van der Waals surface area contributed by atoms with Crippen LogP contribution >= 0.6 is 0 Å². The maximum atomic E-state index is 12.3. The first-order chi connectivity index (χ1) is 9.38. The molecule has 0 saturated carbocycles. The second-order valence-electron chi connectivity index (χ2n) is 4.56. The van der Waals surface area contributed by atoms with Crippen molar-refractivity contribution >= 4 is 0 Å². The highest BCUT2D eigenvalue weighted by Crippen LogP contribution is 2.44. The Labute approximate surface area is 113 Å². The van der Waals surface area contributed by atoms with E-state index in [0.717, 1.165) is 6.07 Å². The lowest BCUT2D eigenvalue weighted by molar-refractivity contribution is -0.275. The number of hydrogen-bond donors (Lipinski definition) is 1. The van der Waals surface area contributed by atoms with Crippen molar-refractivity contribution in [3.63, 3.8) is 0 Å². The number of nitriles is 1. The van der Waals surface area contributed by atoms with E-state index >= 15 is 0 Å². The van der Waals surface area contributed by atoms with Crippen molar-refractivity contribution in [1.82, 2.24) is 0 Å². The minimum atomic E-state index is -4.86. The smallest absolute Gasteiger partial charge is 0.405 e. The van der Waals surface area contributed by atoms with Gasteiger partial charge in [0.25, 0.3) is 0 Å². The van der Waals surface area contributed by atoms with E-state index in [1.54, 1.807) is 0 Å². The van der Waals surface area contributed by atoms with Crippen LogP contribution in [0.2, 0.25) is 0 Å². The van der Waals surface area contributed by atoms with E-state index in [1.807, 2.05) is 6.07 Å². The highest BCUT2D eigenvalue weighted by molar-refractivity contribution is 5.37. The quantitative estimate of drug-likeness (QED) is 0.928. The summed E-state index contributed by atoms with van der Waals surface area (Å²) in [5.74, 6) is -0.506. The number of nitrogens with zero attached hydrogens (tertiary/aromatic N) is 1. The van der Waals surface area contributed by atoms with Gasteiger partial charge in [0.1, 0.15) is 17.3 Å². The van der Waals surface area contributed by atoms with Gasteiger partial charge in [0.2, 0.25) is 0 Å². The average molecular weight is 287 g/mol. The van der Waals surface area contributed by atoms with Crippen LogP contribution in [0.1, 0.15) is 18.1 Å². The van der Waals surface area contributed by atoms with Crippen LogP contribution in [0.5, 0.6) is 5.75 Å². The summed E-state index contributed by atoms with van der Waals surface area (Å²) in [5, 5.41) is 19.5. The van der Waals surface area contributed by atoms with Gasteiger partial charge < -0.3 is 14.6 Å². The molecule has 0 amide bonds. The second-order valence-corrected chi connectivity index (χ2v) is 4.56. The van der Waals surface area contributed by atoms with Crippen molar-refractivity contribution in [3.05, 3.63) is 29.8 Å². The van der Waals surface area contributed by atoms with Gasteiger partial charge in [-0.25, -0.2) is 0 Å². The highest BCUT2D eigenvalue weighted by Gasteiger charge is 2.44. The van der Waals surface area contributed by atoms with Gasteiger partial charge in [-0.1, -0.05) is 18.2 Å². The van der Waals surface area contributed by atoms with Crippen LogP contribution in [0.25, 0.3) is 0 Å². The van der Waals surface area contributed by atoms with Gasteiger partial charge in [0.15, 0.2) is 0 Å². The normalized spacial score (nSPS) is 24.1. The van der Waals surface area contributed by atoms with Crippen molar-refractivity contribution in [2.75, 3.05) is 13.2 Å². The third-order valence-electron chi connectivity index (χ3n) is 3.24. The van der Waals surface area contributed by atoms with Crippen molar-refractivity contribution < 1.29 is 27.8 Å². The molecule has 1 aliphatic heterocycles. The van der Waals surface area contributed by atoms with Crippen LogP contribution in [0.15, 0.2) is 24.3 Å². The molecule has 0 bridgehead atoms. The van der Waals surface area contributed by atoms with Gasteiger partial charge in [-0.3, -0.25) is 0 Å². The van der Waals surface area contributed by atoms with E-state index in [-0.39, 0.29) is 25.2 Å². The molecule has 2 unspecified atom stereocenters. The molecular weight excluding hydrogens is 275 g/mol. The molecule has 1 aromatic carbocycles. The lowest BCUT2D eigenvalue weighted by Crippen LogP contribution is -2.29. The molecule has 0 spiro atoms. The maximum Gasteiger partial charge on any atom is 0.573 e. The summed E-state index contributed by atoms with van der Waals surface area (Å²) in [6.45, 7) is 0.262. The van der Waals surface area contributed by atoms with Crippen LogP contribution in [0, 0.1) is 16.7 Å². The predicted molar refractivity (Wildman–Crippen MR) is 61.6 cm³/mol. The fraction of sp³-hybridized carbons (Fsp3) is 0.462. The summed E-state index contributed by atoms with van der Waals surface area (Å²) in [6, 6.07) is 7.20. The molecule has 2 rings (SSSR count). The molecule has 1 fully saturated rings. The summed E-state index contributed by atoms with van der Waals surface area (Å²) < 4.78 is 46.0. The van der Waals surface area contributed by atoms with E-state index in [9.17, 15) is 23.5 Å². The number of para-hydroxylation sites is 1. The first-order valence-electron chi connectivity index (χ1n) is 5.90. The van der Waals surface area contributed by atoms with Crippen LogP contribution in [-0.2, 0) is 4.74 Å². The Bertz CT molecular complexity index is 518. The van der Waals surface area contributed by atoms with Gasteiger partial charge in [-0.15, -0.1) is 13.2 Å². The lowest BCUT2D eigenvalue weighted by Gasteiger charge is -2.27. The first-order valence-corrected chi connectivity index (χ1v) is 5.90. The molecule has 4 nitrogen and oxygen atoms in total. The zero-order valence-corrected chi connectivity index (χ0v) is 10.4. The van der Waals surface area contributed by atoms with Crippen molar-refractivity contribution in [2.24, 2.45) is 5.41 Å². The predicted octanol–water partition coefficient (Wildman–Crippen LogP) is 2.55. The minimum Gasteiger partial charge on any atom is -0.405 e. The second kappa shape index (κ2) is 5.31. The van der Waals surface area contributed by atoms with Crippen LogP contribution in [-0.4, -0.2) is 24.7 Å². The van der Waals surface area contributed by atoms with Gasteiger partial charge in [-0.05, 0) is 12.5 Å². The van der Waals surface area contributed by atoms with Crippen molar-refractivity contribution in [2.45, 2.75) is 18.9 Å². The molecule has 108 valence electrons. The molecule has 1 aliphatic rings. The molecule has 20 heavy (non-hydrogen) atoms. The largest absolute Gasteiger partial charge is 0.573 e. The van der Waals surface area contributed by atoms with E-state index < -0.39 is 23.6 Å². The molecule has 0 radical (unpaired) electrons. The average Bonchev–Trinajstić information content (AvgIpc) is 2.86. The molecule has 1 saturated heterocycles. The number of benzene rings is 1. The number of rotatable bonds is 3. The number of halogens is 3. The molecule has 1 heterocycles. The lowest BCUT2D eigenvalue weighted by atomic mass is 9.79. The number of ether oxygens (including phenoxy) is 2. The Morgan fingerprint density at radius 3 is 2.65 bits per heavy atom. The molecule has 2 atom stereocenters. The van der Waals surface area contributed by atoms with Crippen molar-refractivity contribution in [1.29, 1.82) is 5.26 Å². The number of aliphatic hydroxyl groups is 1. The Morgan fingerprint density at radius 1 is 1.40 bits per heavy atom. The SMILES string of the molecule is N#CC1(C(O)c2ccccc2OC(F)(F)F)CCOC1. The van der Waals surface area contributed by atoms with E-state index in [4.69, 9.17) is 4.74 Å². The van der Waals surface area contributed by atoms with Crippen LogP contribution in [0.4, 0.5) is 13.2 Å². The van der Waals surface area contributed by atoms with Gasteiger partial charge in [0.05, 0.1) is 12.7 Å². The number of hydrogen-bond acceptors (Lipinski definition) is 4. The van der Waals surface area contributed by atoms with E-state index in [1.165, 1.54) is 18.2 Å². The monoisotopic (exact) mass is 287 g/mol. The Balaban J connectivity index is 2.35. The molecular formula is C13H12F3NO3. The number of aliphatic hydroxyl groups excluding tert-OH is 1. The van der Waals surface area contributed by atoms with Crippen LogP contribution < -0.4 is 4.74 Å². The Morgan fingerprint density at radius 2 is 2.10 bits per heavy atom. The van der Waals surface area contributed by atoms with Crippen molar-refractivity contribution in [3.8, 4) is 11.8 Å². The molecule has 0 aliphatic carbocycles. The Kier molecular flexibility index (Phi) is 3.88. The fourth-order valence-corrected chi connectivity index (χ4v) is 2.17. The molecule has 0 aromatic heterocycles. The molecule has 1 N–H and O–H groups in total. The van der Waals surface area contributed by atoms with E-state index in [2.05, 4.69) is 4.74 Å². The molecule has 7 heteroatoms. The zero-order chi connectivity index (χ0) is 14.8. The van der Waals surface area contributed by atoms with E-state index in [0.29, 0.717) is 0 Å². The van der Waals surface area contributed by atoms with Gasteiger partial charge >= 0.3 is 6.36 Å². The molecule has 1 aromatic rings.